The molecule has 1 aliphatic heterocycles. The van der Waals surface area contributed by atoms with Gasteiger partial charge in [0.05, 0.1) is 19.8 Å². The Morgan fingerprint density at radius 2 is 1.86 bits per heavy atom. The number of hydrogen-bond donors (Lipinski definition) is 0. The van der Waals surface area contributed by atoms with Gasteiger partial charge in [-0.05, 0) is 18.9 Å². The number of methoxy groups -OCH3 is 2. The molecule has 1 heterocycles. The molecule has 1 atom stereocenters. The summed E-state index contributed by atoms with van der Waals surface area (Å²) in [5, 5.41) is 0. The van der Waals surface area contributed by atoms with Gasteiger partial charge < -0.3 is 14.2 Å². The quantitative estimate of drug-likeness (QED) is 0.530. The molecule has 0 N–H and O–H groups in total. The SMILES string of the molecule is CCCCCCCC1OC(=O)c2cc(OC)cc(OC)c21. The minimum atomic E-state index is -0.277. The summed E-state index contributed by atoms with van der Waals surface area (Å²) < 4.78 is 16.1. The van der Waals surface area contributed by atoms with Crippen molar-refractivity contribution in [1.82, 2.24) is 0 Å². The highest BCUT2D eigenvalue weighted by molar-refractivity contribution is 5.95. The van der Waals surface area contributed by atoms with E-state index in [0.29, 0.717) is 17.1 Å². The molecule has 0 aromatic heterocycles. The van der Waals surface area contributed by atoms with Crippen molar-refractivity contribution >= 4 is 5.97 Å². The maximum atomic E-state index is 12.0. The predicted molar refractivity (Wildman–Crippen MR) is 81.1 cm³/mol. The van der Waals surface area contributed by atoms with Crippen LogP contribution < -0.4 is 9.47 Å². The van der Waals surface area contributed by atoms with Crippen LogP contribution in [0.1, 0.15) is 67.5 Å². The Balaban J connectivity index is 2.10. The molecule has 1 aromatic rings. The average Bonchev–Trinajstić information content (AvgIpc) is 2.82. The zero-order valence-electron chi connectivity index (χ0n) is 13.1. The van der Waals surface area contributed by atoms with Crippen molar-refractivity contribution in [3.8, 4) is 11.5 Å². The van der Waals surface area contributed by atoms with E-state index >= 15 is 0 Å². The number of carbonyl (C=O) groups is 1. The number of esters is 1. The van der Waals surface area contributed by atoms with Gasteiger partial charge in [0.25, 0.3) is 0 Å². The van der Waals surface area contributed by atoms with E-state index in [1.165, 1.54) is 25.7 Å². The first-order valence-corrected chi connectivity index (χ1v) is 7.68. The molecule has 0 spiro atoms. The highest BCUT2D eigenvalue weighted by Crippen LogP contribution is 2.42. The predicted octanol–water partition coefficient (Wildman–Crippen LogP) is 4.28. The molecule has 0 fully saturated rings. The minimum Gasteiger partial charge on any atom is -0.497 e. The minimum absolute atomic E-state index is 0.185. The van der Waals surface area contributed by atoms with Crippen LogP contribution in [0.25, 0.3) is 0 Å². The molecule has 4 heteroatoms. The Morgan fingerprint density at radius 1 is 1.10 bits per heavy atom. The van der Waals surface area contributed by atoms with Gasteiger partial charge in [-0.15, -0.1) is 0 Å². The molecule has 0 saturated carbocycles. The molecule has 0 saturated heterocycles. The van der Waals surface area contributed by atoms with Crippen LogP contribution in [0.2, 0.25) is 0 Å². The molecular formula is C17H24O4. The fraction of sp³-hybridized carbons (Fsp3) is 0.588. The number of benzene rings is 1. The van der Waals surface area contributed by atoms with Crippen LogP contribution in [0, 0.1) is 0 Å². The largest absolute Gasteiger partial charge is 0.497 e. The Kier molecular flexibility index (Phi) is 5.48. The molecule has 2 rings (SSSR count). The van der Waals surface area contributed by atoms with Gasteiger partial charge in [-0.3, -0.25) is 0 Å². The molecule has 21 heavy (non-hydrogen) atoms. The molecule has 0 aliphatic carbocycles. The second kappa shape index (κ2) is 7.34. The lowest BCUT2D eigenvalue weighted by atomic mass is 9.98. The summed E-state index contributed by atoms with van der Waals surface area (Å²) in [5.74, 6) is 1.01. The third kappa shape index (κ3) is 3.49. The summed E-state index contributed by atoms with van der Waals surface area (Å²) in [6.07, 6.45) is 6.64. The first-order chi connectivity index (χ1) is 10.2. The maximum Gasteiger partial charge on any atom is 0.339 e. The van der Waals surface area contributed by atoms with Crippen molar-refractivity contribution in [2.75, 3.05) is 14.2 Å². The summed E-state index contributed by atoms with van der Waals surface area (Å²) in [6, 6.07) is 3.54. The lowest BCUT2D eigenvalue weighted by Gasteiger charge is -2.14. The summed E-state index contributed by atoms with van der Waals surface area (Å²) >= 11 is 0. The van der Waals surface area contributed by atoms with Gasteiger partial charge >= 0.3 is 5.97 Å². The molecule has 1 aliphatic rings. The summed E-state index contributed by atoms with van der Waals surface area (Å²) in [4.78, 5) is 12.0. The standard InChI is InChI=1S/C17H24O4/c1-4-5-6-7-8-9-14-16-13(17(18)21-14)10-12(19-2)11-15(16)20-3/h10-11,14H,4-9H2,1-3H3. The second-order valence-corrected chi connectivity index (χ2v) is 5.39. The summed E-state index contributed by atoms with van der Waals surface area (Å²) in [7, 11) is 3.18. The Bertz CT molecular complexity index is 496. The molecule has 0 bridgehead atoms. The van der Waals surface area contributed by atoms with Gasteiger partial charge in [-0.2, -0.15) is 0 Å². The van der Waals surface area contributed by atoms with Crippen LogP contribution in [0.15, 0.2) is 12.1 Å². The Labute approximate surface area is 126 Å². The van der Waals surface area contributed by atoms with Gasteiger partial charge in [0.2, 0.25) is 0 Å². The second-order valence-electron chi connectivity index (χ2n) is 5.39. The molecule has 0 radical (unpaired) electrons. The molecule has 4 nitrogen and oxygen atoms in total. The normalized spacial score (nSPS) is 16.5. The molecule has 1 unspecified atom stereocenters. The van der Waals surface area contributed by atoms with Crippen LogP contribution in [-0.4, -0.2) is 20.2 Å². The molecule has 1 aromatic carbocycles. The van der Waals surface area contributed by atoms with E-state index in [9.17, 15) is 4.79 Å². The van der Waals surface area contributed by atoms with Crippen LogP contribution in [0.5, 0.6) is 11.5 Å². The third-order valence-electron chi connectivity index (χ3n) is 3.93. The van der Waals surface area contributed by atoms with E-state index in [4.69, 9.17) is 14.2 Å². The fourth-order valence-corrected chi connectivity index (χ4v) is 2.78. The number of unbranched alkanes of at least 4 members (excludes halogenated alkanes) is 4. The smallest absolute Gasteiger partial charge is 0.339 e. The Hall–Kier alpha value is -1.71. The maximum absolute atomic E-state index is 12.0. The summed E-state index contributed by atoms with van der Waals surface area (Å²) in [6.45, 7) is 2.20. The van der Waals surface area contributed by atoms with Crippen molar-refractivity contribution in [2.24, 2.45) is 0 Å². The van der Waals surface area contributed by atoms with Crippen molar-refractivity contribution in [3.05, 3.63) is 23.3 Å². The van der Waals surface area contributed by atoms with Gasteiger partial charge in [0.15, 0.2) is 0 Å². The van der Waals surface area contributed by atoms with Crippen LogP contribution in [0.3, 0.4) is 0 Å². The van der Waals surface area contributed by atoms with Crippen molar-refractivity contribution < 1.29 is 19.0 Å². The van der Waals surface area contributed by atoms with Crippen LogP contribution in [0.4, 0.5) is 0 Å². The number of hydrogen-bond acceptors (Lipinski definition) is 4. The van der Waals surface area contributed by atoms with Gasteiger partial charge in [0.1, 0.15) is 17.6 Å². The first kappa shape index (κ1) is 15.7. The fourth-order valence-electron chi connectivity index (χ4n) is 2.78. The number of cyclic esters (lactones) is 1. The molecule has 0 amide bonds. The third-order valence-corrected chi connectivity index (χ3v) is 3.93. The van der Waals surface area contributed by atoms with Crippen molar-refractivity contribution in [1.29, 1.82) is 0 Å². The van der Waals surface area contributed by atoms with Crippen LogP contribution in [-0.2, 0) is 4.74 Å². The monoisotopic (exact) mass is 292 g/mol. The number of ether oxygens (including phenoxy) is 3. The summed E-state index contributed by atoms with van der Waals surface area (Å²) in [5.41, 5.74) is 1.45. The highest BCUT2D eigenvalue weighted by atomic mass is 16.6. The average molecular weight is 292 g/mol. The van der Waals surface area contributed by atoms with Crippen LogP contribution >= 0.6 is 0 Å². The van der Waals surface area contributed by atoms with Gasteiger partial charge in [0, 0.05) is 11.6 Å². The lowest BCUT2D eigenvalue weighted by Crippen LogP contribution is -2.00. The topological polar surface area (TPSA) is 44.8 Å². The van der Waals surface area contributed by atoms with Crippen molar-refractivity contribution in [3.63, 3.8) is 0 Å². The molecule has 116 valence electrons. The number of rotatable bonds is 8. The molecular weight excluding hydrogens is 268 g/mol. The van der Waals surface area contributed by atoms with Gasteiger partial charge in [-0.1, -0.05) is 32.6 Å². The lowest BCUT2D eigenvalue weighted by molar-refractivity contribution is 0.0360. The zero-order valence-corrected chi connectivity index (χ0v) is 13.1. The van der Waals surface area contributed by atoms with E-state index in [1.54, 1.807) is 20.3 Å². The number of fused-ring (bicyclic) bond motifs is 1. The van der Waals surface area contributed by atoms with E-state index < -0.39 is 0 Å². The van der Waals surface area contributed by atoms with E-state index in [0.717, 1.165) is 18.4 Å². The number of carbonyl (C=O) groups excluding carboxylic acids is 1. The highest BCUT2D eigenvalue weighted by Gasteiger charge is 2.34. The van der Waals surface area contributed by atoms with Gasteiger partial charge in [-0.25, -0.2) is 4.79 Å². The van der Waals surface area contributed by atoms with E-state index in [2.05, 4.69) is 6.92 Å². The van der Waals surface area contributed by atoms with E-state index in [1.807, 2.05) is 6.07 Å². The van der Waals surface area contributed by atoms with Crippen molar-refractivity contribution in [2.45, 2.75) is 51.6 Å². The zero-order chi connectivity index (χ0) is 15.2. The Morgan fingerprint density at radius 3 is 2.52 bits per heavy atom. The van der Waals surface area contributed by atoms with E-state index in [-0.39, 0.29) is 12.1 Å². The first-order valence-electron chi connectivity index (χ1n) is 7.68.